The first-order chi connectivity index (χ1) is 10.8. The van der Waals surface area contributed by atoms with Gasteiger partial charge in [-0.1, -0.05) is 36.4 Å². The molecule has 1 saturated heterocycles. The van der Waals surface area contributed by atoms with Crippen molar-refractivity contribution in [2.24, 2.45) is 5.41 Å². The molecule has 1 aliphatic heterocycles. The first-order valence-electron chi connectivity index (χ1n) is 8.15. The molecular formula is C19H21NO2. The molecule has 1 saturated carbocycles. The molecule has 3 heteroatoms. The molecule has 1 atom stereocenters. The van der Waals surface area contributed by atoms with Gasteiger partial charge in [0, 0.05) is 24.8 Å². The molecule has 1 unspecified atom stereocenters. The summed E-state index contributed by atoms with van der Waals surface area (Å²) in [5.74, 6) is 0.0624. The maximum absolute atomic E-state index is 12.7. The van der Waals surface area contributed by atoms with Crippen molar-refractivity contribution >= 4 is 16.7 Å². The fourth-order valence-electron chi connectivity index (χ4n) is 3.96. The van der Waals surface area contributed by atoms with E-state index in [0.29, 0.717) is 11.5 Å². The van der Waals surface area contributed by atoms with E-state index < -0.39 is 0 Å². The third-order valence-corrected chi connectivity index (χ3v) is 5.50. The highest BCUT2D eigenvalue weighted by Crippen LogP contribution is 2.48. The highest BCUT2D eigenvalue weighted by atomic mass is 16.5. The summed E-state index contributed by atoms with van der Waals surface area (Å²) >= 11 is 0. The Morgan fingerprint density at radius 2 is 1.82 bits per heavy atom. The van der Waals surface area contributed by atoms with Crippen molar-refractivity contribution in [1.29, 1.82) is 0 Å². The molecule has 0 bridgehead atoms. The predicted molar refractivity (Wildman–Crippen MR) is 86.9 cm³/mol. The number of ether oxygens (including phenoxy) is 1. The molecule has 3 nitrogen and oxygen atoms in total. The average molecular weight is 295 g/mol. The van der Waals surface area contributed by atoms with Gasteiger partial charge in [0.15, 0.2) is 0 Å². The van der Waals surface area contributed by atoms with Gasteiger partial charge in [-0.3, -0.25) is 4.79 Å². The van der Waals surface area contributed by atoms with E-state index in [-0.39, 0.29) is 5.91 Å². The largest absolute Gasteiger partial charge is 0.381 e. The number of carbonyl (C=O) groups excluding carboxylic acids is 1. The summed E-state index contributed by atoms with van der Waals surface area (Å²) in [6, 6.07) is 14.3. The van der Waals surface area contributed by atoms with Gasteiger partial charge >= 0.3 is 0 Å². The van der Waals surface area contributed by atoms with Crippen molar-refractivity contribution in [3.63, 3.8) is 0 Å². The number of hydrogen-bond donors (Lipinski definition) is 1. The van der Waals surface area contributed by atoms with Gasteiger partial charge in [-0.25, -0.2) is 0 Å². The van der Waals surface area contributed by atoms with Crippen LogP contribution in [0.3, 0.4) is 0 Å². The average Bonchev–Trinajstić information content (AvgIpc) is 2.58. The van der Waals surface area contributed by atoms with E-state index in [1.165, 1.54) is 6.42 Å². The SMILES string of the molecule is O=C(NC1CCC12CCOCC2)c1cccc2ccccc12. The van der Waals surface area contributed by atoms with Crippen LogP contribution in [0.2, 0.25) is 0 Å². The second-order valence-corrected chi connectivity index (χ2v) is 6.57. The summed E-state index contributed by atoms with van der Waals surface area (Å²) < 4.78 is 5.48. The summed E-state index contributed by atoms with van der Waals surface area (Å²) in [4.78, 5) is 12.7. The van der Waals surface area contributed by atoms with E-state index in [4.69, 9.17) is 4.74 Å². The molecule has 0 radical (unpaired) electrons. The zero-order valence-corrected chi connectivity index (χ0v) is 12.7. The number of benzene rings is 2. The van der Waals surface area contributed by atoms with Crippen molar-refractivity contribution in [2.45, 2.75) is 31.7 Å². The summed E-state index contributed by atoms with van der Waals surface area (Å²) in [5.41, 5.74) is 1.07. The Morgan fingerprint density at radius 3 is 2.59 bits per heavy atom. The van der Waals surface area contributed by atoms with E-state index >= 15 is 0 Å². The maximum Gasteiger partial charge on any atom is 0.252 e. The number of hydrogen-bond acceptors (Lipinski definition) is 2. The molecule has 22 heavy (non-hydrogen) atoms. The Morgan fingerprint density at radius 1 is 1.05 bits per heavy atom. The number of rotatable bonds is 2. The second kappa shape index (κ2) is 5.40. The molecule has 2 aromatic carbocycles. The van der Waals surface area contributed by atoms with Crippen molar-refractivity contribution in [2.75, 3.05) is 13.2 Å². The minimum absolute atomic E-state index is 0.0624. The van der Waals surface area contributed by atoms with Crippen LogP contribution in [0.15, 0.2) is 42.5 Å². The van der Waals surface area contributed by atoms with Gasteiger partial charge < -0.3 is 10.1 Å². The molecule has 1 spiro atoms. The van der Waals surface area contributed by atoms with Crippen LogP contribution < -0.4 is 5.32 Å². The van der Waals surface area contributed by atoms with Crippen molar-refractivity contribution in [3.05, 3.63) is 48.0 Å². The normalized spacial score (nSPS) is 23.2. The fraction of sp³-hybridized carbons (Fsp3) is 0.421. The Balaban J connectivity index is 1.57. The van der Waals surface area contributed by atoms with Crippen LogP contribution in [0, 0.1) is 5.41 Å². The number of fused-ring (bicyclic) bond motifs is 1. The summed E-state index contributed by atoms with van der Waals surface area (Å²) in [5, 5.41) is 5.44. The fourth-order valence-corrected chi connectivity index (χ4v) is 3.96. The second-order valence-electron chi connectivity index (χ2n) is 6.57. The van der Waals surface area contributed by atoms with Gasteiger partial charge in [-0.2, -0.15) is 0 Å². The van der Waals surface area contributed by atoms with Gasteiger partial charge in [0.05, 0.1) is 0 Å². The highest BCUT2D eigenvalue weighted by Gasteiger charge is 2.48. The zero-order valence-electron chi connectivity index (χ0n) is 12.7. The first-order valence-corrected chi connectivity index (χ1v) is 8.15. The lowest BCUT2D eigenvalue weighted by molar-refractivity contribution is -0.0523. The Kier molecular flexibility index (Phi) is 3.38. The quantitative estimate of drug-likeness (QED) is 0.920. The lowest BCUT2D eigenvalue weighted by Crippen LogP contribution is -2.57. The molecule has 4 rings (SSSR count). The van der Waals surface area contributed by atoms with Crippen molar-refractivity contribution in [1.82, 2.24) is 5.32 Å². The molecule has 114 valence electrons. The molecule has 1 aliphatic carbocycles. The van der Waals surface area contributed by atoms with Crippen LogP contribution in [0.4, 0.5) is 0 Å². The Labute approximate surface area is 130 Å². The monoisotopic (exact) mass is 295 g/mol. The number of amides is 1. The molecule has 2 fully saturated rings. The Bertz CT molecular complexity index is 698. The molecule has 1 amide bonds. The van der Waals surface area contributed by atoms with E-state index in [1.807, 2.05) is 30.3 Å². The van der Waals surface area contributed by atoms with E-state index in [9.17, 15) is 4.79 Å². The van der Waals surface area contributed by atoms with Crippen LogP contribution in [0.1, 0.15) is 36.0 Å². The minimum Gasteiger partial charge on any atom is -0.381 e. The highest BCUT2D eigenvalue weighted by molar-refractivity contribution is 6.07. The predicted octanol–water partition coefficient (Wildman–Crippen LogP) is 3.53. The first kappa shape index (κ1) is 13.8. The van der Waals surface area contributed by atoms with Crippen LogP contribution in [-0.4, -0.2) is 25.2 Å². The van der Waals surface area contributed by atoms with Crippen LogP contribution in [-0.2, 0) is 4.74 Å². The zero-order chi connectivity index (χ0) is 15.0. The summed E-state index contributed by atoms with van der Waals surface area (Å²) in [6.07, 6.45) is 4.47. The molecular weight excluding hydrogens is 274 g/mol. The van der Waals surface area contributed by atoms with Gasteiger partial charge in [0.1, 0.15) is 0 Å². The molecule has 1 heterocycles. The lowest BCUT2D eigenvalue weighted by Gasteiger charge is -2.52. The van der Waals surface area contributed by atoms with Crippen LogP contribution >= 0.6 is 0 Å². The van der Waals surface area contributed by atoms with Crippen molar-refractivity contribution in [3.8, 4) is 0 Å². The standard InChI is InChI=1S/C19H21NO2/c21-18(16-7-3-5-14-4-1-2-6-15(14)16)20-17-8-9-19(17)10-12-22-13-11-19/h1-7,17H,8-13H2,(H,20,21). The van der Waals surface area contributed by atoms with Gasteiger partial charge in [-0.15, -0.1) is 0 Å². The molecule has 2 aliphatic rings. The van der Waals surface area contributed by atoms with Crippen LogP contribution in [0.25, 0.3) is 10.8 Å². The third kappa shape index (κ3) is 2.20. The van der Waals surface area contributed by atoms with E-state index in [2.05, 4.69) is 17.4 Å². The molecule has 2 aromatic rings. The lowest BCUT2D eigenvalue weighted by atomic mass is 9.60. The number of carbonyl (C=O) groups is 1. The number of nitrogens with one attached hydrogen (secondary N) is 1. The Hall–Kier alpha value is -1.87. The summed E-state index contributed by atoms with van der Waals surface area (Å²) in [7, 11) is 0. The van der Waals surface area contributed by atoms with E-state index in [1.54, 1.807) is 0 Å². The van der Waals surface area contributed by atoms with Gasteiger partial charge in [0.2, 0.25) is 0 Å². The third-order valence-electron chi connectivity index (χ3n) is 5.50. The maximum atomic E-state index is 12.7. The van der Waals surface area contributed by atoms with Gasteiger partial charge in [0.25, 0.3) is 5.91 Å². The summed E-state index contributed by atoms with van der Waals surface area (Å²) in [6.45, 7) is 1.67. The smallest absolute Gasteiger partial charge is 0.252 e. The van der Waals surface area contributed by atoms with Crippen LogP contribution in [0.5, 0.6) is 0 Å². The van der Waals surface area contributed by atoms with Crippen molar-refractivity contribution < 1.29 is 9.53 Å². The van der Waals surface area contributed by atoms with Gasteiger partial charge in [-0.05, 0) is 47.9 Å². The molecule has 0 aromatic heterocycles. The minimum atomic E-state index is 0.0624. The molecule has 1 N–H and O–H groups in total. The van der Waals surface area contributed by atoms with E-state index in [0.717, 1.165) is 48.8 Å². The topological polar surface area (TPSA) is 38.3 Å².